The highest BCUT2D eigenvalue weighted by atomic mass is 32.1. The molecule has 3 aromatic rings. The molecule has 1 amide bonds. The Hall–Kier alpha value is -2.24. The average molecular weight is 312 g/mol. The summed E-state index contributed by atoms with van der Waals surface area (Å²) in [6.45, 7) is 0.684. The highest BCUT2D eigenvalue weighted by molar-refractivity contribution is 7.17. The summed E-state index contributed by atoms with van der Waals surface area (Å²) in [4.78, 5) is 18.5. The summed E-state index contributed by atoms with van der Waals surface area (Å²) >= 11 is 1.56. The van der Waals surface area contributed by atoms with Crippen LogP contribution in [-0.2, 0) is 6.54 Å². The maximum Gasteiger partial charge on any atom is 0.255 e. The number of carbonyl (C=O) groups is 1. The van der Waals surface area contributed by atoms with E-state index >= 15 is 0 Å². The fourth-order valence-corrected chi connectivity index (χ4v) is 3.33. The molecule has 0 saturated carbocycles. The highest BCUT2D eigenvalue weighted by Crippen LogP contribution is 2.27. The molecule has 0 atom stereocenters. The van der Waals surface area contributed by atoms with E-state index in [1.54, 1.807) is 28.6 Å². The van der Waals surface area contributed by atoms with Gasteiger partial charge >= 0.3 is 0 Å². The van der Waals surface area contributed by atoms with Gasteiger partial charge in [0.15, 0.2) is 0 Å². The predicted octanol–water partition coefficient (Wildman–Crippen LogP) is 2.93. The molecule has 4 nitrogen and oxygen atoms in total. The lowest BCUT2D eigenvalue weighted by molar-refractivity contribution is 0.0710. The third kappa shape index (κ3) is 3.00. The zero-order valence-corrected chi connectivity index (χ0v) is 12.8. The SMILES string of the molecule is O=C(c1csc2ccccc12)N(CCO)Cc1cccnc1. The Morgan fingerprint density at radius 2 is 2.09 bits per heavy atom. The Labute approximate surface area is 132 Å². The van der Waals surface area contributed by atoms with Crippen LogP contribution in [0.1, 0.15) is 15.9 Å². The minimum atomic E-state index is -0.0614. The Balaban J connectivity index is 1.89. The van der Waals surface area contributed by atoms with Crippen LogP contribution in [0, 0.1) is 0 Å². The summed E-state index contributed by atoms with van der Waals surface area (Å²) in [5.41, 5.74) is 1.64. The number of rotatable bonds is 5. The number of fused-ring (bicyclic) bond motifs is 1. The molecule has 0 fully saturated rings. The van der Waals surface area contributed by atoms with Gasteiger partial charge in [0.25, 0.3) is 5.91 Å². The zero-order valence-electron chi connectivity index (χ0n) is 12.0. The van der Waals surface area contributed by atoms with Gasteiger partial charge in [-0.15, -0.1) is 11.3 Å². The van der Waals surface area contributed by atoms with Crippen LogP contribution in [0.25, 0.3) is 10.1 Å². The number of hydrogen-bond donors (Lipinski definition) is 1. The van der Waals surface area contributed by atoms with E-state index in [2.05, 4.69) is 4.98 Å². The minimum absolute atomic E-state index is 0.0599. The van der Waals surface area contributed by atoms with Gasteiger partial charge in [0, 0.05) is 40.9 Å². The Kier molecular flexibility index (Phi) is 4.46. The molecule has 0 aliphatic rings. The average Bonchev–Trinajstić information content (AvgIpc) is 2.99. The monoisotopic (exact) mass is 312 g/mol. The van der Waals surface area contributed by atoms with Gasteiger partial charge in [0.2, 0.25) is 0 Å². The smallest absolute Gasteiger partial charge is 0.255 e. The maximum atomic E-state index is 12.8. The molecular formula is C17H16N2O2S. The van der Waals surface area contributed by atoms with Crippen molar-refractivity contribution in [3.8, 4) is 0 Å². The first-order valence-electron chi connectivity index (χ1n) is 7.05. The number of aliphatic hydroxyl groups is 1. The molecule has 1 aromatic carbocycles. The molecule has 112 valence electrons. The van der Waals surface area contributed by atoms with Gasteiger partial charge in [0.05, 0.1) is 12.2 Å². The number of aliphatic hydroxyl groups excluding tert-OH is 1. The van der Waals surface area contributed by atoms with Gasteiger partial charge in [-0.25, -0.2) is 0 Å². The number of amides is 1. The number of carbonyl (C=O) groups excluding carboxylic acids is 1. The van der Waals surface area contributed by atoms with Crippen molar-refractivity contribution < 1.29 is 9.90 Å². The Bertz CT molecular complexity index is 770. The van der Waals surface area contributed by atoms with E-state index in [1.807, 2.05) is 41.8 Å². The molecule has 1 N–H and O–H groups in total. The number of hydrogen-bond acceptors (Lipinski definition) is 4. The van der Waals surface area contributed by atoms with E-state index in [4.69, 9.17) is 0 Å². The van der Waals surface area contributed by atoms with Crippen LogP contribution >= 0.6 is 11.3 Å². The summed E-state index contributed by atoms with van der Waals surface area (Å²) in [6.07, 6.45) is 3.44. The quantitative estimate of drug-likeness (QED) is 0.788. The molecule has 0 saturated heterocycles. The fraction of sp³-hybridized carbons (Fsp3) is 0.176. The Morgan fingerprint density at radius 3 is 2.86 bits per heavy atom. The summed E-state index contributed by atoms with van der Waals surface area (Å²) in [6, 6.07) is 11.6. The Morgan fingerprint density at radius 1 is 1.23 bits per heavy atom. The lowest BCUT2D eigenvalue weighted by Gasteiger charge is -2.21. The van der Waals surface area contributed by atoms with Crippen molar-refractivity contribution >= 4 is 27.3 Å². The molecule has 0 spiro atoms. The summed E-state index contributed by atoms with van der Waals surface area (Å²) in [5, 5.41) is 12.1. The maximum absolute atomic E-state index is 12.8. The number of aromatic nitrogens is 1. The van der Waals surface area contributed by atoms with Crippen molar-refractivity contribution in [1.82, 2.24) is 9.88 Å². The molecule has 2 heterocycles. The number of benzene rings is 1. The first kappa shape index (κ1) is 14.7. The van der Waals surface area contributed by atoms with E-state index in [0.29, 0.717) is 18.7 Å². The molecule has 0 unspecified atom stereocenters. The van der Waals surface area contributed by atoms with Crippen LogP contribution in [0.5, 0.6) is 0 Å². The second-order valence-electron chi connectivity index (χ2n) is 4.96. The minimum Gasteiger partial charge on any atom is -0.395 e. The fourth-order valence-electron chi connectivity index (χ4n) is 2.40. The second kappa shape index (κ2) is 6.68. The van der Waals surface area contributed by atoms with Crippen LogP contribution in [0.3, 0.4) is 0 Å². The van der Waals surface area contributed by atoms with Gasteiger partial charge in [0.1, 0.15) is 0 Å². The van der Waals surface area contributed by atoms with Crippen molar-refractivity contribution in [2.24, 2.45) is 0 Å². The number of nitrogens with zero attached hydrogens (tertiary/aromatic N) is 2. The van der Waals surface area contributed by atoms with Gasteiger partial charge < -0.3 is 10.0 Å². The van der Waals surface area contributed by atoms with Gasteiger partial charge in [-0.05, 0) is 17.7 Å². The first-order chi connectivity index (χ1) is 10.8. The normalized spacial score (nSPS) is 10.8. The van der Waals surface area contributed by atoms with Crippen molar-refractivity contribution in [2.75, 3.05) is 13.2 Å². The van der Waals surface area contributed by atoms with E-state index < -0.39 is 0 Å². The van der Waals surface area contributed by atoms with E-state index in [1.165, 1.54) is 0 Å². The van der Waals surface area contributed by atoms with Crippen LogP contribution in [-0.4, -0.2) is 34.0 Å². The van der Waals surface area contributed by atoms with Crippen molar-refractivity contribution in [2.45, 2.75) is 6.54 Å². The van der Waals surface area contributed by atoms with Gasteiger partial charge in [-0.3, -0.25) is 9.78 Å². The molecule has 5 heteroatoms. The van der Waals surface area contributed by atoms with E-state index in [0.717, 1.165) is 15.6 Å². The molecule has 22 heavy (non-hydrogen) atoms. The topological polar surface area (TPSA) is 53.4 Å². The largest absolute Gasteiger partial charge is 0.395 e. The molecule has 0 bridgehead atoms. The van der Waals surface area contributed by atoms with Crippen LogP contribution in [0.2, 0.25) is 0 Å². The highest BCUT2D eigenvalue weighted by Gasteiger charge is 2.19. The predicted molar refractivity (Wildman–Crippen MR) is 87.9 cm³/mol. The van der Waals surface area contributed by atoms with Crippen molar-refractivity contribution in [1.29, 1.82) is 0 Å². The van der Waals surface area contributed by atoms with E-state index in [-0.39, 0.29) is 12.5 Å². The molecule has 3 rings (SSSR count). The third-order valence-electron chi connectivity index (χ3n) is 3.46. The van der Waals surface area contributed by atoms with Gasteiger partial charge in [-0.1, -0.05) is 24.3 Å². The standard InChI is InChI=1S/C17H16N2O2S/c20-9-8-19(11-13-4-3-7-18-10-13)17(21)15-12-22-16-6-2-1-5-14(15)16/h1-7,10,12,20H,8-9,11H2. The molecule has 0 radical (unpaired) electrons. The lowest BCUT2D eigenvalue weighted by atomic mass is 10.1. The molecular weight excluding hydrogens is 296 g/mol. The van der Waals surface area contributed by atoms with Crippen molar-refractivity contribution in [3.05, 3.63) is 65.3 Å². The van der Waals surface area contributed by atoms with Crippen LogP contribution in [0.4, 0.5) is 0 Å². The molecule has 0 aliphatic heterocycles. The summed E-state index contributed by atoms with van der Waals surface area (Å²) in [7, 11) is 0. The zero-order chi connectivity index (χ0) is 15.4. The lowest BCUT2D eigenvalue weighted by Crippen LogP contribution is -2.33. The molecule has 2 aromatic heterocycles. The first-order valence-corrected chi connectivity index (χ1v) is 7.93. The third-order valence-corrected chi connectivity index (χ3v) is 4.43. The summed E-state index contributed by atoms with van der Waals surface area (Å²) in [5.74, 6) is -0.0599. The van der Waals surface area contributed by atoms with E-state index in [9.17, 15) is 9.90 Å². The van der Waals surface area contributed by atoms with Crippen LogP contribution in [0.15, 0.2) is 54.2 Å². The summed E-state index contributed by atoms with van der Waals surface area (Å²) < 4.78 is 1.09. The molecule has 0 aliphatic carbocycles. The van der Waals surface area contributed by atoms with Gasteiger partial charge in [-0.2, -0.15) is 0 Å². The number of pyridine rings is 1. The van der Waals surface area contributed by atoms with Crippen molar-refractivity contribution in [3.63, 3.8) is 0 Å². The number of thiophene rings is 1. The van der Waals surface area contributed by atoms with Crippen LogP contribution < -0.4 is 0 Å². The second-order valence-corrected chi connectivity index (χ2v) is 5.87.